The van der Waals surface area contributed by atoms with E-state index in [1.807, 2.05) is 18.0 Å². The Morgan fingerprint density at radius 3 is 2.81 bits per heavy atom. The fourth-order valence-electron chi connectivity index (χ4n) is 1.74. The minimum absolute atomic E-state index is 0. The van der Waals surface area contributed by atoms with Crippen LogP contribution in [0, 0.1) is 6.92 Å². The topological polar surface area (TPSA) is 92.6 Å². The van der Waals surface area contributed by atoms with Crippen molar-refractivity contribution in [1.29, 1.82) is 0 Å². The third kappa shape index (κ3) is 5.33. The number of rotatable bonds is 5. The average molecular weight is 406 g/mol. The van der Waals surface area contributed by atoms with Gasteiger partial charge in [-0.1, -0.05) is 10.3 Å². The van der Waals surface area contributed by atoms with Crippen LogP contribution in [-0.4, -0.2) is 46.8 Å². The number of nitrogens with one attached hydrogen (secondary N) is 1. The van der Waals surface area contributed by atoms with Gasteiger partial charge in [0.2, 0.25) is 5.89 Å². The van der Waals surface area contributed by atoms with Crippen molar-refractivity contribution in [3.63, 3.8) is 0 Å². The molecule has 0 amide bonds. The first-order valence-electron chi connectivity index (χ1n) is 6.29. The quantitative estimate of drug-likeness (QED) is 0.454. The number of guanidine groups is 1. The predicted octanol–water partition coefficient (Wildman–Crippen LogP) is 1.23. The lowest BCUT2D eigenvalue weighted by Crippen LogP contribution is -2.39. The van der Waals surface area contributed by atoms with Gasteiger partial charge in [0.25, 0.3) is 0 Å². The van der Waals surface area contributed by atoms with Crippen LogP contribution in [0.1, 0.15) is 17.4 Å². The Labute approximate surface area is 140 Å². The first-order valence-corrected chi connectivity index (χ1v) is 6.29. The van der Waals surface area contributed by atoms with Crippen LogP contribution in [0.5, 0.6) is 0 Å². The smallest absolute Gasteiger partial charge is 0.228 e. The second-order valence-corrected chi connectivity index (χ2v) is 4.31. The number of aromatic nitrogens is 3. The Bertz CT molecular complexity index is 554. The molecule has 2 aromatic rings. The third-order valence-corrected chi connectivity index (χ3v) is 2.66. The summed E-state index contributed by atoms with van der Waals surface area (Å²) < 4.78 is 9.85. The van der Waals surface area contributed by atoms with Crippen molar-refractivity contribution in [3.05, 3.63) is 29.7 Å². The van der Waals surface area contributed by atoms with Crippen LogP contribution in [-0.2, 0) is 13.0 Å². The van der Waals surface area contributed by atoms with E-state index >= 15 is 0 Å². The molecule has 1 N–H and O–H groups in total. The molecule has 0 atom stereocenters. The van der Waals surface area contributed by atoms with Gasteiger partial charge >= 0.3 is 0 Å². The molecule has 0 spiro atoms. The first-order chi connectivity index (χ1) is 9.69. The maximum atomic E-state index is 5.05. The highest BCUT2D eigenvalue weighted by Crippen LogP contribution is 2.00. The molecule has 0 saturated carbocycles. The largest absolute Gasteiger partial charge is 0.364 e. The standard InChI is InChI=1S/C12H18N6O2.HI/c1-9-15-11(20-16-9)4-6-14-12(13-2)18(3)8-10-5-7-19-17-10;/h5,7H,4,6,8H2,1-3H3,(H,13,14);1H. The van der Waals surface area contributed by atoms with Crippen LogP contribution in [0.4, 0.5) is 0 Å². The van der Waals surface area contributed by atoms with E-state index in [0.29, 0.717) is 31.2 Å². The van der Waals surface area contributed by atoms with Gasteiger partial charge in [0, 0.05) is 33.1 Å². The zero-order valence-electron chi connectivity index (χ0n) is 12.2. The summed E-state index contributed by atoms with van der Waals surface area (Å²) in [7, 11) is 3.67. The van der Waals surface area contributed by atoms with Gasteiger partial charge in [-0.05, 0) is 6.92 Å². The van der Waals surface area contributed by atoms with Crippen LogP contribution in [0.2, 0.25) is 0 Å². The molecule has 2 aromatic heterocycles. The Hall–Kier alpha value is -1.65. The van der Waals surface area contributed by atoms with Gasteiger partial charge in [-0.15, -0.1) is 24.0 Å². The van der Waals surface area contributed by atoms with Crippen LogP contribution in [0.25, 0.3) is 0 Å². The Kier molecular flexibility index (Phi) is 7.12. The number of halogens is 1. The number of aryl methyl sites for hydroxylation is 1. The van der Waals surface area contributed by atoms with Crippen molar-refractivity contribution in [2.24, 2.45) is 4.99 Å². The molecule has 116 valence electrons. The molecule has 2 heterocycles. The number of nitrogens with zero attached hydrogens (tertiary/aromatic N) is 5. The Morgan fingerprint density at radius 2 is 2.24 bits per heavy atom. The summed E-state index contributed by atoms with van der Waals surface area (Å²) in [5.41, 5.74) is 0.850. The molecule has 9 heteroatoms. The molecule has 2 rings (SSSR count). The highest BCUT2D eigenvalue weighted by molar-refractivity contribution is 14.0. The minimum atomic E-state index is 0. The molecule has 0 aliphatic carbocycles. The van der Waals surface area contributed by atoms with Crippen LogP contribution < -0.4 is 5.32 Å². The van der Waals surface area contributed by atoms with E-state index in [-0.39, 0.29) is 24.0 Å². The molecule has 0 aliphatic heterocycles. The van der Waals surface area contributed by atoms with Gasteiger partial charge in [0.1, 0.15) is 12.0 Å². The molecule has 21 heavy (non-hydrogen) atoms. The zero-order valence-corrected chi connectivity index (χ0v) is 14.6. The highest BCUT2D eigenvalue weighted by atomic mass is 127. The lowest BCUT2D eigenvalue weighted by molar-refractivity contribution is 0.372. The van der Waals surface area contributed by atoms with E-state index < -0.39 is 0 Å². The lowest BCUT2D eigenvalue weighted by atomic mass is 10.4. The first kappa shape index (κ1) is 17.4. The van der Waals surface area contributed by atoms with Gasteiger partial charge in [-0.3, -0.25) is 4.99 Å². The Morgan fingerprint density at radius 1 is 1.43 bits per heavy atom. The monoisotopic (exact) mass is 406 g/mol. The van der Waals surface area contributed by atoms with Crippen LogP contribution in [0.3, 0.4) is 0 Å². The summed E-state index contributed by atoms with van der Waals surface area (Å²) in [6, 6.07) is 1.82. The van der Waals surface area contributed by atoms with Gasteiger partial charge < -0.3 is 19.3 Å². The van der Waals surface area contributed by atoms with Crippen molar-refractivity contribution in [2.75, 3.05) is 20.6 Å². The fourth-order valence-corrected chi connectivity index (χ4v) is 1.74. The summed E-state index contributed by atoms with van der Waals surface area (Å²) in [6.07, 6.45) is 2.20. The van der Waals surface area contributed by atoms with Gasteiger partial charge in [-0.25, -0.2) is 0 Å². The Balaban J connectivity index is 0.00000220. The molecule has 0 aromatic carbocycles. The van der Waals surface area contributed by atoms with E-state index in [1.165, 1.54) is 0 Å². The van der Waals surface area contributed by atoms with Crippen molar-refractivity contribution in [2.45, 2.75) is 19.9 Å². The van der Waals surface area contributed by atoms with E-state index in [9.17, 15) is 0 Å². The fraction of sp³-hybridized carbons (Fsp3) is 0.500. The molecular formula is C12H19IN6O2. The van der Waals surface area contributed by atoms with Gasteiger partial charge in [0.05, 0.1) is 6.54 Å². The number of hydrogen-bond donors (Lipinski definition) is 1. The summed E-state index contributed by atoms with van der Waals surface area (Å²) in [6.45, 7) is 3.08. The summed E-state index contributed by atoms with van der Waals surface area (Å²) in [5, 5.41) is 10.8. The van der Waals surface area contributed by atoms with Crippen molar-refractivity contribution in [1.82, 2.24) is 25.5 Å². The summed E-state index contributed by atoms with van der Waals surface area (Å²) in [4.78, 5) is 10.3. The van der Waals surface area contributed by atoms with E-state index in [2.05, 4.69) is 25.6 Å². The molecule has 0 unspecified atom stereocenters. The van der Waals surface area contributed by atoms with E-state index in [0.717, 1.165) is 11.7 Å². The number of hydrogen-bond acceptors (Lipinski definition) is 6. The molecule has 0 bridgehead atoms. The average Bonchev–Trinajstić information content (AvgIpc) is 3.06. The molecule has 0 saturated heterocycles. The molecule has 0 fully saturated rings. The van der Waals surface area contributed by atoms with Gasteiger partial charge in [-0.2, -0.15) is 4.98 Å². The normalized spacial score (nSPS) is 11.1. The molecule has 8 nitrogen and oxygen atoms in total. The summed E-state index contributed by atoms with van der Waals surface area (Å²) >= 11 is 0. The van der Waals surface area contributed by atoms with Crippen molar-refractivity contribution < 1.29 is 9.05 Å². The minimum Gasteiger partial charge on any atom is -0.364 e. The maximum Gasteiger partial charge on any atom is 0.228 e. The van der Waals surface area contributed by atoms with E-state index in [4.69, 9.17) is 9.05 Å². The zero-order chi connectivity index (χ0) is 14.4. The van der Waals surface area contributed by atoms with Crippen molar-refractivity contribution >= 4 is 29.9 Å². The van der Waals surface area contributed by atoms with E-state index in [1.54, 1.807) is 20.2 Å². The highest BCUT2D eigenvalue weighted by Gasteiger charge is 2.09. The van der Waals surface area contributed by atoms with Gasteiger partial charge in [0.15, 0.2) is 11.8 Å². The molecule has 0 radical (unpaired) electrons. The SMILES string of the molecule is CN=C(NCCc1nc(C)no1)N(C)Cc1ccon1.I. The maximum absolute atomic E-state index is 5.05. The van der Waals surface area contributed by atoms with Crippen LogP contribution >= 0.6 is 24.0 Å². The summed E-state index contributed by atoms with van der Waals surface area (Å²) in [5.74, 6) is 2.03. The lowest BCUT2D eigenvalue weighted by Gasteiger charge is -2.20. The van der Waals surface area contributed by atoms with Crippen molar-refractivity contribution in [3.8, 4) is 0 Å². The number of aliphatic imine (C=N–C) groups is 1. The molecule has 0 aliphatic rings. The molecular weight excluding hydrogens is 387 g/mol. The third-order valence-electron chi connectivity index (χ3n) is 2.66. The second kappa shape index (κ2) is 8.60. The predicted molar refractivity (Wildman–Crippen MR) is 87.5 cm³/mol. The second-order valence-electron chi connectivity index (χ2n) is 4.31. The van der Waals surface area contributed by atoms with Crippen LogP contribution in [0.15, 0.2) is 26.4 Å².